The minimum Gasteiger partial charge on any atom is -0.373 e. The van der Waals surface area contributed by atoms with Crippen molar-refractivity contribution in [2.75, 3.05) is 33.3 Å². The number of hydrogen-bond acceptors (Lipinski definition) is 5. The number of aromatic nitrogens is 3. The molecule has 20 heavy (non-hydrogen) atoms. The predicted molar refractivity (Wildman–Crippen MR) is 74.7 cm³/mol. The number of hydrogen-bond donors (Lipinski definition) is 2. The van der Waals surface area contributed by atoms with Crippen molar-refractivity contribution in [3.8, 4) is 0 Å². The zero-order valence-electron chi connectivity index (χ0n) is 12.6. The molecule has 1 saturated heterocycles. The van der Waals surface area contributed by atoms with E-state index in [9.17, 15) is 4.79 Å². The second-order valence-electron chi connectivity index (χ2n) is 6.06. The maximum Gasteiger partial charge on any atom is 0.293 e. The van der Waals surface area contributed by atoms with E-state index in [0.29, 0.717) is 19.7 Å². The zero-order chi connectivity index (χ0) is 14.8. The average molecular weight is 281 g/mol. The second-order valence-corrected chi connectivity index (χ2v) is 6.06. The third-order valence-electron chi connectivity index (χ3n) is 3.24. The van der Waals surface area contributed by atoms with Gasteiger partial charge in [0.15, 0.2) is 0 Å². The highest BCUT2D eigenvalue weighted by Gasteiger charge is 2.28. The number of morpholine rings is 1. The lowest BCUT2D eigenvalue weighted by Gasteiger charge is -2.32. The quantitative estimate of drug-likeness (QED) is 0.825. The van der Waals surface area contributed by atoms with Crippen LogP contribution in [0.4, 0.5) is 0 Å². The van der Waals surface area contributed by atoms with Gasteiger partial charge in [0.25, 0.3) is 5.91 Å². The molecule has 0 bridgehead atoms. The van der Waals surface area contributed by atoms with Gasteiger partial charge in [-0.25, -0.2) is 4.98 Å². The molecule has 2 rings (SSSR count). The summed E-state index contributed by atoms with van der Waals surface area (Å²) in [5.41, 5.74) is -0.148. The first-order valence-electron chi connectivity index (χ1n) is 6.90. The van der Waals surface area contributed by atoms with E-state index in [2.05, 4.69) is 20.5 Å². The lowest BCUT2D eigenvalue weighted by Crippen LogP contribution is -2.48. The Morgan fingerprint density at radius 3 is 2.90 bits per heavy atom. The first-order valence-corrected chi connectivity index (χ1v) is 6.90. The van der Waals surface area contributed by atoms with Crippen LogP contribution in [0.25, 0.3) is 0 Å². The molecule has 1 aromatic rings. The monoisotopic (exact) mass is 281 g/mol. The number of nitrogens with one attached hydrogen (secondary N) is 2. The summed E-state index contributed by atoms with van der Waals surface area (Å²) in [7, 11) is 1.87. The fourth-order valence-electron chi connectivity index (χ4n) is 2.09. The highest BCUT2D eigenvalue weighted by molar-refractivity contribution is 5.90. The molecule has 1 fully saturated rings. The Morgan fingerprint density at radius 1 is 1.55 bits per heavy atom. The van der Waals surface area contributed by atoms with Gasteiger partial charge in [0.1, 0.15) is 5.82 Å². The summed E-state index contributed by atoms with van der Waals surface area (Å²) in [6.07, 6.45) is 0.0266. The predicted octanol–water partition coefficient (Wildman–Crippen LogP) is 0.163. The molecule has 0 aliphatic carbocycles. The van der Waals surface area contributed by atoms with Crippen molar-refractivity contribution in [3.63, 3.8) is 0 Å². The van der Waals surface area contributed by atoms with Crippen molar-refractivity contribution in [3.05, 3.63) is 11.6 Å². The molecular weight excluding hydrogens is 258 g/mol. The molecule has 1 aliphatic rings. The van der Waals surface area contributed by atoms with Crippen molar-refractivity contribution in [2.45, 2.75) is 32.3 Å². The number of amides is 1. The van der Waals surface area contributed by atoms with Crippen LogP contribution in [0, 0.1) is 0 Å². The largest absolute Gasteiger partial charge is 0.373 e. The van der Waals surface area contributed by atoms with E-state index >= 15 is 0 Å². The molecule has 0 radical (unpaired) electrons. The Morgan fingerprint density at radius 2 is 2.30 bits per heavy atom. The summed E-state index contributed by atoms with van der Waals surface area (Å²) in [5, 5.41) is 9.96. The molecule has 7 heteroatoms. The van der Waals surface area contributed by atoms with Crippen molar-refractivity contribution < 1.29 is 9.53 Å². The van der Waals surface area contributed by atoms with E-state index in [1.54, 1.807) is 4.90 Å². The SMILES string of the molecule is CNCC1CN(C(=O)c2n[nH]c(C(C)(C)C)n2)CCO1. The summed E-state index contributed by atoms with van der Waals surface area (Å²) < 4.78 is 5.59. The van der Waals surface area contributed by atoms with Crippen LogP contribution in [-0.4, -0.2) is 65.4 Å². The molecule has 1 aliphatic heterocycles. The van der Waals surface area contributed by atoms with Gasteiger partial charge in [-0.3, -0.25) is 9.89 Å². The highest BCUT2D eigenvalue weighted by atomic mass is 16.5. The normalized spacial score (nSPS) is 20.2. The van der Waals surface area contributed by atoms with Gasteiger partial charge in [-0.2, -0.15) is 0 Å². The minimum absolute atomic E-state index is 0.0266. The summed E-state index contributed by atoms with van der Waals surface area (Å²) >= 11 is 0. The van der Waals surface area contributed by atoms with Crippen molar-refractivity contribution >= 4 is 5.91 Å². The van der Waals surface area contributed by atoms with Crippen molar-refractivity contribution in [2.24, 2.45) is 0 Å². The number of ether oxygens (including phenoxy) is 1. The van der Waals surface area contributed by atoms with Gasteiger partial charge in [-0.05, 0) is 7.05 Å². The van der Waals surface area contributed by atoms with Gasteiger partial charge >= 0.3 is 0 Å². The third-order valence-corrected chi connectivity index (χ3v) is 3.24. The highest BCUT2D eigenvalue weighted by Crippen LogP contribution is 2.18. The first-order chi connectivity index (χ1) is 9.41. The number of aromatic amines is 1. The van der Waals surface area contributed by atoms with Gasteiger partial charge in [0, 0.05) is 25.0 Å². The fourth-order valence-corrected chi connectivity index (χ4v) is 2.09. The smallest absolute Gasteiger partial charge is 0.293 e. The Labute approximate surface area is 119 Å². The average Bonchev–Trinajstić information content (AvgIpc) is 2.88. The van der Waals surface area contributed by atoms with E-state index in [1.807, 2.05) is 27.8 Å². The van der Waals surface area contributed by atoms with E-state index in [1.165, 1.54) is 0 Å². The molecule has 112 valence electrons. The first kappa shape index (κ1) is 14.9. The molecule has 0 aromatic carbocycles. The van der Waals surface area contributed by atoms with Crippen LogP contribution in [0.3, 0.4) is 0 Å². The molecule has 2 heterocycles. The molecule has 0 spiro atoms. The summed E-state index contributed by atoms with van der Waals surface area (Å²) in [6, 6.07) is 0. The lowest BCUT2D eigenvalue weighted by molar-refractivity contribution is -0.0200. The topological polar surface area (TPSA) is 83.1 Å². The number of H-pyrrole nitrogens is 1. The number of carbonyl (C=O) groups is 1. The van der Waals surface area contributed by atoms with Crippen LogP contribution >= 0.6 is 0 Å². The van der Waals surface area contributed by atoms with E-state index in [4.69, 9.17) is 4.74 Å². The number of rotatable bonds is 3. The molecule has 1 unspecified atom stereocenters. The van der Waals surface area contributed by atoms with E-state index in [0.717, 1.165) is 12.4 Å². The number of nitrogens with zero attached hydrogens (tertiary/aromatic N) is 3. The molecule has 0 saturated carbocycles. The number of carbonyl (C=O) groups excluding carboxylic acids is 1. The summed E-state index contributed by atoms with van der Waals surface area (Å²) in [4.78, 5) is 18.5. The maximum absolute atomic E-state index is 12.4. The minimum atomic E-state index is -0.148. The Bertz CT molecular complexity index is 464. The maximum atomic E-state index is 12.4. The van der Waals surface area contributed by atoms with E-state index in [-0.39, 0.29) is 23.3 Å². The Kier molecular flexibility index (Phi) is 4.39. The van der Waals surface area contributed by atoms with Crippen LogP contribution < -0.4 is 5.32 Å². The lowest BCUT2D eigenvalue weighted by atomic mass is 9.96. The summed E-state index contributed by atoms with van der Waals surface area (Å²) in [6.45, 7) is 8.51. The van der Waals surface area contributed by atoms with Crippen LogP contribution in [0.2, 0.25) is 0 Å². The van der Waals surface area contributed by atoms with Gasteiger partial charge < -0.3 is 15.0 Å². The number of likely N-dealkylation sites (N-methyl/N-ethyl adjacent to an activating group) is 1. The van der Waals surface area contributed by atoms with Crippen LogP contribution in [-0.2, 0) is 10.2 Å². The summed E-state index contributed by atoms with van der Waals surface area (Å²) in [5.74, 6) is 0.821. The van der Waals surface area contributed by atoms with Crippen molar-refractivity contribution in [1.82, 2.24) is 25.4 Å². The van der Waals surface area contributed by atoms with Gasteiger partial charge in [-0.1, -0.05) is 20.8 Å². The van der Waals surface area contributed by atoms with Crippen LogP contribution in [0.5, 0.6) is 0 Å². The third kappa shape index (κ3) is 3.34. The van der Waals surface area contributed by atoms with Gasteiger partial charge in [0.05, 0.1) is 12.7 Å². The Balaban J connectivity index is 2.05. The molecule has 7 nitrogen and oxygen atoms in total. The standard InChI is InChI=1S/C13H23N5O2/c1-13(2,3)12-15-10(16-17-12)11(19)18-5-6-20-9(8-18)7-14-4/h9,14H,5-8H2,1-4H3,(H,15,16,17). The van der Waals surface area contributed by atoms with Gasteiger partial charge in [-0.15, -0.1) is 5.10 Å². The fraction of sp³-hybridized carbons (Fsp3) is 0.769. The molecule has 1 amide bonds. The van der Waals surface area contributed by atoms with Crippen LogP contribution in [0.1, 0.15) is 37.2 Å². The van der Waals surface area contributed by atoms with E-state index < -0.39 is 0 Å². The molecular formula is C13H23N5O2. The second kappa shape index (κ2) is 5.88. The molecule has 1 atom stereocenters. The van der Waals surface area contributed by atoms with Crippen LogP contribution in [0.15, 0.2) is 0 Å². The van der Waals surface area contributed by atoms with Crippen molar-refractivity contribution in [1.29, 1.82) is 0 Å². The zero-order valence-corrected chi connectivity index (χ0v) is 12.6. The molecule has 1 aromatic heterocycles. The molecule has 2 N–H and O–H groups in total. The van der Waals surface area contributed by atoms with Gasteiger partial charge in [0.2, 0.25) is 5.82 Å². The Hall–Kier alpha value is -1.47.